The molecule has 0 spiro atoms. The first-order valence-corrected chi connectivity index (χ1v) is 15.9. The third-order valence-electron chi connectivity index (χ3n) is 9.40. The Morgan fingerprint density at radius 3 is 1.46 bits per heavy atom. The van der Waals surface area contributed by atoms with E-state index in [-0.39, 0.29) is 0 Å². The van der Waals surface area contributed by atoms with Crippen LogP contribution >= 0.6 is 0 Å². The minimum absolute atomic E-state index is 0.578. The van der Waals surface area contributed by atoms with Gasteiger partial charge in [-0.05, 0) is 64.7 Å². The van der Waals surface area contributed by atoms with Crippen molar-refractivity contribution in [2.45, 2.75) is 0 Å². The number of nitriles is 1. The molecule has 0 saturated carbocycles. The van der Waals surface area contributed by atoms with Crippen molar-refractivity contribution in [2.75, 3.05) is 0 Å². The van der Waals surface area contributed by atoms with E-state index in [1.54, 1.807) is 0 Å². The van der Waals surface area contributed by atoms with Gasteiger partial charge in [-0.25, -0.2) is 4.85 Å². The average Bonchev–Trinajstić information content (AvgIpc) is 3.67. The molecule has 48 heavy (non-hydrogen) atoms. The summed E-state index contributed by atoms with van der Waals surface area (Å²) >= 11 is 0. The summed E-state index contributed by atoms with van der Waals surface area (Å²) in [5, 5.41) is 15.1. The lowest BCUT2D eigenvalue weighted by Gasteiger charge is -2.16. The number of rotatable bonds is 4. The number of fused-ring (bicyclic) bond motifs is 6. The quantitative estimate of drug-likeness (QED) is 0.183. The summed E-state index contributed by atoms with van der Waals surface area (Å²) in [4.78, 5) is 3.95. The first-order chi connectivity index (χ1) is 23.7. The van der Waals surface area contributed by atoms with Crippen LogP contribution in [0.5, 0.6) is 0 Å². The third kappa shape index (κ3) is 4.07. The van der Waals surface area contributed by atoms with E-state index in [0.29, 0.717) is 11.3 Å². The second-order valence-electron chi connectivity index (χ2n) is 11.9. The predicted octanol–water partition coefficient (Wildman–Crippen LogP) is 11.6. The molecule has 0 aliphatic carbocycles. The summed E-state index contributed by atoms with van der Waals surface area (Å²) in [6.45, 7) is 8.09. The fraction of sp³-hybridized carbons (Fsp3) is 0. The van der Waals surface area contributed by atoms with Gasteiger partial charge in [-0.2, -0.15) is 5.26 Å². The van der Waals surface area contributed by atoms with Crippen molar-refractivity contribution < 1.29 is 0 Å². The largest absolute Gasteiger partial charge is 0.309 e. The molecular weight excluding hydrogens is 585 g/mol. The van der Waals surface area contributed by atoms with Crippen molar-refractivity contribution in [3.63, 3.8) is 0 Å². The maximum Gasteiger partial charge on any atom is 0.195 e. The molecule has 4 nitrogen and oxygen atoms in total. The van der Waals surface area contributed by atoms with Gasteiger partial charge in [0.2, 0.25) is 0 Å². The van der Waals surface area contributed by atoms with Crippen molar-refractivity contribution >= 4 is 49.3 Å². The van der Waals surface area contributed by atoms with E-state index in [1.807, 2.05) is 42.5 Å². The predicted molar refractivity (Wildman–Crippen MR) is 197 cm³/mol. The number of benzene rings is 7. The van der Waals surface area contributed by atoms with Crippen molar-refractivity contribution in [1.29, 1.82) is 5.26 Å². The summed E-state index contributed by atoms with van der Waals surface area (Å²) in [6, 6.07) is 56.4. The molecule has 7 aromatic carbocycles. The van der Waals surface area contributed by atoms with Crippen molar-refractivity contribution in [3.8, 4) is 39.7 Å². The zero-order chi connectivity index (χ0) is 32.2. The fourth-order valence-corrected chi connectivity index (χ4v) is 7.29. The lowest BCUT2D eigenvalue weighted by Crippen LogP contribution is -1.98. The maximum absolute atomic E-state index is 10.5. The lowest BCUT2D eigenvalue weighted by molar-refractivity contribution is 1.17. The fourth-order valence-electron chi connectivity index (χ4n) is 7.29. The Kier molecular flexibility index (Phi) is 6.22. The van der Waals surface area contributed by atoms with Crippen LogP contribution < -0.4 is 0 Å². The molecule has 0 bridgehead atoms. The molecule has 0 aliphatic rings. The Hall–Kier alpha value is -6.88. The molecule has 222 valence electrons. The number of aromatic nitrogens is 2. The monoisotopic (exact) mass is 610 g/mol. The molecule has 0 fully saturated rings. The van der Waals surface area contributed by atoms with Gasteiger partial charge in [0.15, 0.2) is 5.69 Å². The van der Waals surface area contributed by atoms with Crippen molar-refractivity contribution in [2.24, 2.45) is 0 Å². The first kappa shape index (κ1) is 27.4. The molecule has 2 heterocycles. The second kappa shape index (κ2) is 10.9. The number of hydrogen-bond acceptors (Lipinski definition) is 1. The van der Waals surface area contributed by atoms with Crippen molar-refractivity contribution in [3.05, 3.63) is 175 Å². The van der Waals surface area contributed by atoms with Crippen LogP contribution in [0.25, 0.3) is 82.1 Å². The molecular formula is C44H26N4. The topological polar surface area (TPSA) is 38.0 Å². The standard InChI is InChI=1S/C44H26N4/c1-46-38-24-22-30(29-23-25-39(31(26-29)28-45)47-40-17-7-2-12-32(40)33-13-3-8-18-41(33)47)27-37(38)36-16-6-11-21-44(36)48-42-19-9-4-14-34(42)35-15-5-10-20-43(35)48/h2-27H. The highest BCUT2D eigenvalue weighted by Crippen LogP contribution is 2.41. The molecule has 4 heteroatoms. The number of nitrogens with zero attached hydrogens (tertiary/aromatic N) is 4. The van der Waals surface area contributed by atoms with Crippen LogP contribution in [0.2, 0.25) is 0 Å². The molecule has 0 unspecified atom stereocenters. The van der Waals surface area contributed by atoms with E-state index >= 15 is 0 Å². The SMILES string of the molecule is [C-]#[N+]c1ccc(-c2ccc(-n3c4ccccc4c4ccccc43)c(C#N)c2)cc1-c1ccccc1-n1c2ccccc2c2ccccc21. The van der Waals surface area contributed by atoms with Crippen LogP contribution in [-0.4, -0.2) is 9.13 Å². The summed E-state index contributed by atoms with van der Waals surface area (Å²) < 4.78 is 4.48. The van der Waals surface area contributed by atoms with E-state index < -0.39 is 0 Å². The van der Waals surface area contributed by atoms with Crippen molar-refractivity contribution in [1.82, 2.24) is 9.13 Å². The van der Waals surface area contributed by atoms with Gasteiger partial charge in [-0.1, -0.05) is 115 Å². The van der Waals surface area contributed by atoms with E-state index in [4.69, 9.17) is 6.57 Å². The average molecular weight is 611 g/mol. The summed E-state index contributed by atoms with van der Waals surface area (Å²) in [7, 11) is 0. The smallest absolute Gasteiger partial charge is 0.195 e. The molecule has 2 aromatic heterocycles. The minimum Gasteiger partial charge on any atom is -0.309 e. The van der Waals surface area contributed by atoms with Gasteiger partial charge in [0.05, 0.1) is 45.6 Å². The molecule has 0 radical (unpaired) electrons. The Bertz CT molecular complexity index is 2710. The van der Waals surface area contributed by atoms with Crippen LogP contribution in [0.3, 0.4) is 0 Å². The number of hydrogen-bond donors (Lipinski definition) is 0. The van der Waals surface area contributed by atoms with Gasteiger partial charge in [0.1, 0.15) is 6.07 Å². The summed E-state index contributed by atoms with van der Waals surface area (Å²) in [5.41, 5.74) is 11.1. The molecule has 0 saturated heterocycles. The zero-order valence-corrected chi connectivity index (χ0v) is 25.8. The summed E-state index contributed by atoms with van der Waals surface area (Å²) in [6.07, 6.45) is 0. The van der Waals surface area contributed by atoms with Gasteiger partial charge in [0, 0.05) is 21.5 Å². The maximum atomic E-state index is 10.5. The lowest BCUT2D eigenvalue weighted by atomic mass is 9.95. The molecule has 0 aliphatic heterocycles. The van der Waals surface area contributed by atoms with Gasteiger partial charge in [-0.3, -0.25) is 0 Å². The first-order valence-electron chi connectivity index (χ1n) is 15.9. The van der Waals surface area contributed by atoms with E-state index in [0.717, 1.165) is 66.5 Å². The molecule has 0 N–H and O–H groups in total. The minimum atomic E-state index is 0.578. The van der Waals surface area contributed by atoms with Crippen LogP contribution in [0, 0.1) is 17.9 Å². The highest BCUT2D eigenvalue weighted by Gasteiger charge is 2.19. The highest BCUT2D eigenvalue weighted by molar-refractivity contribution is 6.10. The highest BCUT2D eigenvalue weighted by atomic mass is 15.0. The van der Waals surface area contributed by atoms with E-state index in [1.165, 1.54) is 10.8 Å². The molecule has 0 atom stereocenters. The Labute approximate surface area is 277 Å². The van der Waals surface area contributed by atoms with Gasteiger partial charge in [-0.15, -0.1) is 0 Å². The van der Waals surface area contributed by atoms with Crippen LogP contribution in [0.15, 0.2) is 158 Å². The Balaban J connectivity index is 1.22. The Morgan fingerprint density at radius 2 is 0.917 bits per heavy atom. The molecule has 9 aromatic rings. The number of para-hydroxylation sites is 5. The van der Waals surface area contributed by atoms with E-state index in [2.05, 4.69) is 135 Å². The summed E-state index contributed by atoms with van der Waals surface area (Å²) in [5.74, 6) is 0. The van der Waals surface area contributed by atoms with Crippen LogP contribution in [-0.2, 0) is 0 Å². The van der Waals surface area contributed by atoms with Gasteiger partial charge < -0.3 is 9.13 Å². The second-order valence-corrected chi connectivity index (χ2v) is 11.9. The van der Waals surface area contributed by atoms with Gasteiger partial charge in [0.25, 0.3) is 0 Å². The molecule has 9 rings (SSSR count). The normalized spacial score (nSPS) is 11.3. The van der Waals surface area contributed by atoms with Gasteiger partial charge >= 0.3 is 0 Å². The molecule has 0 amide bonds. The Morgan fingerprint density at radius 1 is 0.458 bits per heavy atom. The third-order valence-corrected chi connectivity index (χ3v) is 9.40. The zero-order valence-electron chi connectivity index (χ0n) is 25.8. The van der Waals surface area contributed by atoms with Crippen LogP contribution in [0.4, 0.5) is 5.69 Å². The van der Waals surface area contributed by atoms with Crippen LogP contribution in [0.1, 0.15) is 5.56 Å². The van der Waals surface area contributed by atoms with E-state index in [9.17, 15) is 5.26 Å².